The third-order valence-electron chi connectivity index (χ3n) is 6.84. The number of benzene rings is 3. The van der Waals surface area contributed by atoms with E-state index in [4.69, 9.17) is 4.74 Å². The Morgan fingerprint density at radius 3 is 2.32 bits per heavy atom. The van der Waals surface area contributed by atoms with E-state index in [1.165, 1.54) is 5.56 Å². The molecule has 1 fully saturated rings. The molecule has 0 spiro atoms. The number of rotatable bonds is 8. The monoisotopic (exact) mass is 454 g/mol. The van der Waals surface area contributed by atoms with E-state index in [-0.39, 0.29) is 0 Å². The highest BCUT2D eigenvalue weighted by Crippen LogP contribution is 2.34. The molecule has 5 heteroatoms. The average molecular weight is 455 g/mol. The number of aliphatic carboxylic acids is 1. The Bertz CT molecular complexity index is 1230. The lowest BCUT2D eigenvalue weighted by atomic mass is 9.89. The van der Waals surface area contributed by atoms with Crippen LogP contribution >= 0.6 is 0 Å². The lowest BCUT2D eigenvalue weighted by molar-refractivity contribution is -0.144. The van der Waals surface area contributed by atoms with Gasteiger partial charge in [0.25, 0.3) is 0 Å². The highest BCUT2D eigenvalue weighted by molar-refractivity contribution is 5.90. The first-order valence-electron chi connectivity index (χ1n) is 12.0. The van der Waals surface area contributed by atoms with Crippen LogP contribution in [-0.4, -0.2) is 34.0 Å². The summed E-state index contributed by atoms with van der Waals surface area (Å²) in [5.41, 5.74) is 4.18. The van der Waals surface area contributed by atoms with Gasteiger partial charge in [0.1, 0.15) is 18.4 Å². The molecule has 1 saturated heterocycles. The van der Waals surface area contributed by atoms with Gasteiger partial charge in [-0.1, -0.05) is 60.7 Å². The molecule has 0 saturated carbocycles. The molecule has 2 heterocycles. The first-order valence-corrected chi connectivity index (χ1v) is 12.0. The topological polar surface area (TPSA) is 65.6 Å². The van der Waals surface area contributed by atoms with Crippen molar-refractivity contribution in [1.29, 1.82) is 0 Å². The summed E-state index contributed by atoms with van der Waals surface area (Å²) in [5.74, 6) is 0.523. The first kappa shape index (κ1) is 22.2. The number of H-pyrrole nitrogens is 1. The molecular formula is C29H30N2O3. The first-order chi connectivity index (χ1) is 16.7. The van der Waals surface area contributed by atoms with Crippen LogP contribution in [0.15, 0.2) is 85.1 Å². The SMILES string of the molecule is O=C(O)[C@@H](c1c[nH]c2ccc(OCc3ccccc3)cc12)N1CCC(Cc2ccccc2)CC1. The zero-order valence-electron chi connectivity index (χ0n) is 19.2. The van der Waals surface area contributed by atoms with E-state index in [0.29, 0.717) is 12.5 Å². The van der Waals surface area contributed by atoms with Gasteiger partial charge in [-0.3, -0.25) is 9.69 Å². The standard InChI is InChI=1S/C29H30N2O3/c32-29(33)28(31-15-13-22(14-16-31)17-21-7-3-1-4-8-21)26-19-30-27-12-11-24(18-25(26)27)34-20-23-9-5-2-6-10-23/h1-12,18-19,22,28,30H,13-17,20H2,(H,32,33)/t28-/m1/s1. The predicted molar refractivity (Wildman–Crippen MR) is 134 cm³/mol. The second kappa shape index (κ2) is 10.1. The van der Waals surface area contributed by atoms with E-state index >= 15 is 0 Å². The number of aromatic amines is 1. The quantitative estimate of drug-likeness (QED) is 0.352. The minimum Gasteiger partial charge on any atom is -0.489 e. The molecule has 0 radical (unpaired) electrons. The van der Waals surface area contributed by atoms with Crippen molar-refractivity contribution in [3.63, 3.8) is 0 Å². The summed E-state index contributed by atoms with van der Waals surface area (Å²) < 4.78 is 6.01. The van der Waals surface area contributed by atoms with E-state index in [2.05, 4.69) is 34.1 Å². The molecular weight excluding hydrogens is 424 g/mol. The van der Waals surface area contributed by atoms with E-state index in [0.717, 1.165) is 60.1 Å². The molecule has 0 aliphatic carbocycles. The van der Waals surface area contributed by atoms with Crippen LogP contribution in [0.4, 0.5) is 0 Å². The molecule has 1 aliphatic rings. The molecule has 5 rings (SSSR count). The summed E-state index contributed by atoms with van der Waals surface area (Å²) in [6, 6.07) is 25.8. The van der Waals surface area contributed by atoms with Crippen molar-refractivity contribution in [2.75, 3.05) is 13.1 Å². The Hall–Kier alpha value is -3.57. The van der Waals surface area contributed by atoms with Gasteiger partial charge in [0.2, 0.25) is 0 Å². The molecule has 1 aromatic heterocycles. The van der Waals surface area contributed by atoms with Crippen LogP contribution in [0.25, 0.3) is 10.9 Å². The number of piperidine rings is 1. The maximum absolute atomic E-state index is 12.4. The number of aromatic nitrogens is 1. The second-order valence-corrected chi connectivity index (χ2v) is 9.14. The number of fused-ring (bicyclic) bond motifs is 1. The van der Waals surface area contributed by atoms with Crippen LogP contribution in [-0.2, 0) is 17.8 Å². The molecule has 34 heavy (non-hydrogen) atoms. The van der Waals surface area contributed by atoms with Crippen molar-refractivity contribution >= 4 is 16.9 Å². The van der Waals surface area contributed by atoms with Gasteiger partial charge in [-0.15, -0.1) is 0 Å². The number of ether oxygens (including phenoxy) is 1. The molecule has 1 aliphatic heterocycles. The summed E-state index contributed by atoms with van der Waals surface area (Å²) in [7, 11) is 0. The molecule has 1 atom stereocenters. The molecule has 0 unspecified atom stereocenters. The Kier molecular flexibility index (Phi) is 6.63. The molecule has 0 amide bonds. The van der Waals surface area contributed by atoms with Gasteiger partial charge in [0.15, 0.2) is 0 Å². The Morgan fingerprint density at radius 1 is 0.971 bits per heavy atom. The summed E-state index contributed by atoms with van der Waals surface area (Å²) >= 11 is 0. The minimum absolute atomic E-state index is 0.476. The number of nitrogens with zero attached hydrogens (tertiary/aromatic N) is 1. The Balaban J connectivity index is 1.31. The van der Waals surface area contributed by atoms with Gasteiger partial charge in [-0.05, 0) is 67.6 Å². The second-order valence-electron chi connectivity index (χ2n) is 9.14. The van der Waals surface area contributed by atoms with E-state index in [9.17, 15) is 9.90 Å². The van der Waals surface area contributed by atoms with Crippen LogP contribution < -0.4 is 4.74 Å². The van der Waals surface area contributed by atoms with Crippen LogP contribution in [0.5, 0.6) is 5.75 Å². The van der Waals surface area contributed by atoms with E-state index < -0.39 is 12.0 Å². The zero-order chi connectivity index (χ0) is 23.3. The van der Waals surface area contributed by atoms with Gasteiger partial charge in [-0.2, -0.15) is 0 Å². The maximum Gasteiger partial charge on any atom is 0.325 e. The number of hydrogen-bond donors (Lipinski definition) is 2. The molecule has 3 aromatic carbocycles. The highest BCUT2D eigenvalue weighted by atomic mass is 16.5. The van der Waals surface area contributed by atoms with Crippen molar-refractivity contribution in [3.8, 4) is 5.75 Å². The predicted octanol–water partition coefficient (Wildman–Crippen LogP) is 5.83. The van der Waals surface area contributed by atoms with Crippen LogP contribution in [0.3, 0.4) is 0 Å². The number of carbonyl (C=O) groups is 1. The van der Waals surface area contributed by atoms with E-state index in [1.54, 1.807) is 0 Å². The molecule has 4 aromatic rings. The van der Waals surface area contributed by atoms with Crippen LogP contribution in [0, 0.1) is 5.92 Å². The molecule has 174 valence electrons. The van der Waals surface area contributed by atoms with Gasteiger partial charge in [0, 0.05) is 22.7 Å². The van der Waals surface area contributed by atoms with Crippen molar-refractivity contribution in [3.05, 3.63) is 102 Å². The Labute approximate surface area is 200 Å². The van der Waals surface area contributed by atoms with Gasteiger partial charge in [0.05, 0.1) is 0 Å². The fourth-order valence-corrected chi connectivity index (χ4v) is 5.03. The fourth-order valence-electron chi connectivity index (χ4n) is 5.03. The van der Waals surface area contributed by atoms with Crippen LogP contribution in [0.2, 0.25) is 0 Å². The highest BCUT2D eigenvalue weighted by Gasteiger charge is 2.32. The van der Waals surface area contributed by atoms with E-state index in [1.807, 2.05) is 60.8 Å². The summed E-state index contributed by atoms with van der Waals surface area (Å²) in [6.45, 7) is 2.04. The van der Waals surface area contributed by atoms with Gasteiger partial charge >= 0.3 is 5.97 Å². The normalized spacial score (nSPS) is 15.9. The third kappa shape index (κ3) is 5.00. The van der Waals surface area contributed by atoms with Crippen LogP contribution in [0.1, 0.15) is 35.6 Å². The lowest BCUT2D eigenvalue weighted by Gasteiger charge is -2.35. The number of carboxylic acid groups (broad SMARTS) is 1. The summed E-state index contributed by atoms with van der Waals surface area (Å²) in [5, 5.41) is 11.1. The van der Waals surface area contributed by atoms with Crippen molar-refractivity contribution < 1.29 is 14.6 Å². The van der Waals surface area contributed by atoms with Crippen molar-refractivity contribution in [2.45, 2.75) is 31.9 Å². The smallest absolute Gasteiger partial charge is 0.325 e. The van der Waals surface area contributed by atoms with Gasteiger partial charge < -0.3 is 14.8 Å². The fraction of sp³-hybridized carbons (Fsp3) is 0.276. The summed E-state index contributed by atoms with van der Waals surface area (Å²) in [4.78, 5) is 17.8. The maximum atomic E-state index is 12.4. The molecule has 0 bridgehead atoms. The number of likely N-dealkylation sites (tertiary alicyclic amines) is 1. The van der Waals surface area contributed by atoms with Gasteiger partial charge in [-0.25, -0.2) is 0 Å². The average Bonchev–Trinajstić information content (AvgIpc) is 3.28. The lowest BCUT2D eigenvalue weighted by Crippen LogP contribution is -2.40. The zero-order valence-corrected chi connectivity index (χ0v) is 19.2. The number of hydrogen-bond acceptors (Lipinski definition) is 3. The molecule has 2 N–H and O–H groups in total. The largest absolute Gasteiger partial charge is 0.489 e. The van der Waals surface area contributed by atoms with Crippen molar-refractivity contribution in [1.82, 2.24) is 9.88 Å². The molecule has 5 nitrogen and oxygen atoms in total. The summed E-state index contributed by atoms with van der Waals surface area (Å²) in [6.07, 6.45) is 4.92. The van der Waals surface area contributed by atoms with Crippen molar-refractivity contribution in [2.24, 2.45) is 5.92 Å². The minimum atomic E-state index is -0.807. The Morgan fingerprint density at radius 2 is 1.65 bits per heavy atom. The number of carboxylic acids is 1. The third-order valence-corrected chi connectivity index (χ3v) is 6.84. The number of nitrogens with one attached hydrogen (secondary N) is 1.